The fourth-order valence-corrected chi connectivity index (χ4v) is 3.56. The number of aromatic amines is 1. The summed E-state index contributed by atoms with van der Waals surface area (Å²) in [6.45, 7) is 2.73. The Morgan fingerprint density at radius 3 is 2.89 bits per heavy atom. The highest BCUT2D eigenvalue weighted by Crippen LogP contribution is 2.24. The second-order valence-corrected chi connectivity index (χ2v) is 6.69. The molecule has 0 bridgehead atoms. The van der Waals surface area contributed by atoms with Gasteiger partial charge in [-0.2, -0.15) is 5.10 Å². The van der Waals surface area contributed by atoms with Crippen LogP contribution in [0.3, 0.4) is 0 Å². The zero-order valence-corrected chi connectivity index (χ0v) is 15.0. The largest absolute Gasteiger partial charge is 0.471 e. The van der Waals surface area contributed by atoms with Crippen LogP contribution in [0.4, 0.5) is 0 Å². The van der Waals surface area contributed by atoms with E-state index in [2.05, 4.69) is 15.2 Å². The molecule has 3 aromatic rings. The molecule has 1 saturated heterocycles. The molecule has 0 spiro atoms. The average molecular weight is 364 g/mol. The standard InChI is InChI=1S/C20H20N4O3/c1-13-18(15-7-2-3-8-16(15)22-13)19(25)20(26)24-11-5-6-14(12-24)27-17-9-4-10-21-23-17/h2-4,7-10,14,22H,5-6,11-12H2,1H3. The number of likely N-dealkylation sites (tertiary alicyclic amines) is 1. The molecule has 2 aromatic heterocycles. The Kier molecular flexibility index (Phi) is 4.58. The van der Waals surface area contributed by atoms with Crippen LogP contribution in [0.1, 0.15) is 28.9 Å². The fraction of sp³-hybridized carbons (Fsp3) is 0.300. The molecule has 0 aliphatic carbocycles. The zero-order chi connectivity index (χ0) is 18.8. The number of aryl methyl sites for hydroxylation is 1. The first-order chi connectivity index (χ1) is 13.1. The fourth-order valence-electron chi connectivity index (χ4n) is 3.56. The molecule has 7 nitrogen and oxygen atoms in total. The van der Waals surface area contributed by atoms with Gasteiger partial charge in [-0.15, -0.1) is 5.10 Å². The number of rotatable bonds is 4. The highest BCUT2D eigenvalue weighted by Gasteiger charge is 2.31. The summed E-state index contributed by atoms with van der Waals surface area (Å²) >= 11 is 0. The summed E-state index contributed by atoms with van der Waals surface area (Å²) in [5.74, 6) is -0.545. The quantitative estimate of drug-likeness (QED) is 0.568. The van der Waals surface area contributed by atoms with Gasteiger partial charge >= 0.3 is 0 Å². The van der Waals surface area contributed by atoms with Crippen LogP contribution in [-0.2, 0) is 4.79 Å². The molecule has 1 unspecified atom stereocenters. The van der Waals surface area contributed by atoms with Crippen molar-refractivity contribution in [3.63, 3.8) is 0 Å². The van der Waals surface area contributed by atoms with E-state index in [4.69, 9.17) is 4.74 Å². The Morgan fingerprint density at radius 1 is 1.22 bits per heavy atom. The molecule has 1 N–H and O–H groups in total. The predicted octanol–water partition coefficient (Wildman–Crippen LogP) is 2.52. The first-order valence-corrected chi connectivity index (χ1v) is 8.99. The summed E-state index contributed by atoms with van der Waals surface area (Å²) in [7, 11) is 0. The van der Waals surface area contributed by atoms with Crippen molar-refractivity contribution in [1.82, 2.24) is 20.1 Å². The van der Waals surface area contributed by atoms with Crippen LogP contribution in [0, 0.1) is 6.92 Å². The number of Topliss-reactive ketones (excluding diaryl/α,β-unsaturated/α-hetero) is 1. The van der Waals surface area contributed by atoms with E-state index in [0.717, 1.165) is 23.7 Å². The van der Waals surface area contributed by atoms with E-state index in [1.807, 2.05) is 31.2 Å². The van der Waals surface area contributed by atoms with Crippen LogP contribution in [0.2, 0.25) is 0 Å². The molecule has 7 heteroatoms. The minimum Gasteiger partial charge on any atom is -0.471 e. The Labute approximate surface area is 156 Å². The van der Waals surface area contributed by atoms with E-state index in [1.54, 1.807) is 23.2 Å². The van der Waals surface area contributed by atoms with Gasteiger partial charge in [0.05, 0.1) is 12.1 Å². The third kappa shape index (κ3) is 3.40. The third-order valence-corrected chi connectivity index (χ3v) is 4.82. The number of ether oxygens (including phenoxy) is 1. The van der Waals surface area contributed by atoms with E-state index in [1.165, 1.54) is 0 Å². The van der Waals surface area contributed by atoms with Gasteiger partial charge in [-0.1, -0.05) is 18.2 Å². The summed E-state index contributed by atoms with van der Waals surface area (Å²) in [6, 6.07) is 11.0. The number of aromatic nitrogens is 3. The maximum absolute atomic E-state index is 12.9. The third-order valence-electron chi connectivity index (χ3n) is 4.82. The van der Waals surface area contributed by atoms with Crippen molar-refractivity contribution in [1.29, 1.82) is 0 Å². The average Bonchev–Trinajstić information content (AvgIpc) is 3.03. The number of nitrogens with zero attached hydrogens (tertiary/aromatic N) is 3. The summed E-state index contributed by atoms with van der Waals surface area (Å²) in [6.07, 6.45) is 2.96. The van der Waals surface area contributed by atoms with Gasteiger partial charge in [-0.3, -0.25) is 9.59 Å². The zero-order valence-electron chi connectivity index (χ0n) is 15.0. The molecule has 138 valence electrons. The lowest BCUT2D eigenvalue weighted by atomic mass is 10.0. The van der Waals surface area contributed by atoms with Crippen molar-refractivity contribution in [2.24, 2.45) is 0 Å². The maximum atomic E-state index is 12.9. The molecule has 1 aliphatic rings. The molecule has 1 amide bonds. The Bertz CT molecular complexity index is 983. The van der Waals surface area contributed by atoms with Crippen LogP contribution in [0.15, 0.2) is 42.6 Å². The number of fused-ring (bicyclic) bond motifs is 1. The number of nitrogens with one attached hydrogen (secondary N) is 1. The van der Waals surface area contributed by atoms with Crippen molar-refractivity contribution >= 4 is 22.6 Å². The van der Waals surface area contributed by atoms with E-state index >= 15 is 0 Å². The number of hydrogen-bond acceptors (Lipinski definition) is 5. The number of H-pyrrole nitrogens is 1. The van der Waals surface area contributed by atoms with Gasteiger partial charge in [-0.05, 0) is 31.9 Å². The molecule has 0 saturated carbocycles. The minimum absolute atomic E-state index is 0.198. The van der Waals surface area contributed by atoms with Crippen LogP contribution in [0.5, 0.6) is 5.88 Å². The summed E-state index contributed by atoms with van der Waals surface area (Å²) in [4.78, 5) is 30.6. The van der Waals surface area contributed by atoms with E-state index in [0.29, 0.717) is 30.2 Å². The van der Waals surface area contributed by atoms with Crippen LogP contribution in [0.25, 0.3) is 10.9 Å². The lowest BCUT2D eigenvalue weighted by Gasteiger charge is -2.32. The first-order valence-electron chi connectivity index (χ1n) is 8.99. The van der Waals surface area contributed by atoms with Crippen LogP contribution >= 0.6 is 0 Å². The summed E-state index contributed by atoms with van der Waals surface area (Å²) in [5, 5.41) is 8.48. The first kappa shape index (κ1) is 17.2. The predicted molar refractivity (Wildman–Crippen MR) is 99.6 cm³/mol. The lowest BCUT2D eigenvalue weighted by molar-refractivity contribution is -0.129. The van der Waals surface area contributed by atoms with Crippen molar-refractivity contribution in [2.75, 3.05) is 13.1 Å². The number of carbonyl (C=O) groups excluding carboxylic acids is 2. The summed E-state index contributed by atoms with van der Waals surface area (Å²) in [5.41, 5.74) is 2.01. The molecule has 1 aliphatic heterocycles. The van der Waals surface area contributed by atoms with Crippen LogP contribution in [-0.4, -0.2) is 51.0 Å². The van der Waals surface area contributed by atoms with Gasteiger partial charge in [0.15, 0.2) is 0 Å². The maximum Gasteiger partial charge on any atom is 0.295 e. The smallest absolute Gasteiger partial charge is 0.295 e. The second-order valence-electron chi connectivity index (χ2n) is 6.69. The molecule has 1 atom stereocenters. The topological polar surface area (TPSA) is 88.2 Å². The van der Waals surface area contributed by atoms with Gasteiger partial charge in [0.2, 0.25) is 5.88 Å². The van der Waals surface area contributed by atoms with Gasteiger partial charge in [0.1, 0.15) is 6.10 Å². The molecule has 27 heavy (non-hydrogen) atoms. The van der Waals surface area contributed by atoms with E-state index < -0.39 is 11.7 Å². The second kappa shape index (κ2) is 7.19. The van der Waals surface area contributed by atoms with E-state index in [-0.39, 0.29) is 6.10 Å². The van der Waals surface area contributed by atoms with Gasteiger partial charge in [0, 0.05) is 35.4 Å². The molecule has 1 aromatic carbocycles. The molecular weight excluding hydrogens is 344 g/mol. The lowest BCUT2D eigenvalue weighted by Crippen LogP contribution is -2.47. The van der Waals surface area contributed by atoms with Gasteiger partial charge < -0.3 is 14.6 Å². The minimum atomic E-state index is -0.490. The normalized spacial score (nSPS) is 17.1. The van der Waals surface area contributed by atoms with Gasteiger partial charge in [0.25, 0.3) is 11.7 Å². The molecule has 1 fully saturated rings. The highest BCUT2D eigenvalue weighted by molar-refractivity contribution is 6.45. The van der Waals surface area contributed by atoms with Crippen molar-refractivity contribution in [3.05, 3.63) is 53.9 Å². The molecule has 4 rings (SSSR count). The highest BCUT2D eigenvalue weighted by atomic mass is 16.5. The number of benzene rings is 1. The van der Waals surface area contributed by atoms with Crippen molar-refractivity contribution in [3.8, 4) is 5.88 Å². The number of amides is 1. The van der Waals surface area contributed by atoms with Crippen molar-refractivity contribution in [2.45, 2.75) is 25.9 Å². The number of carbonyl (C=O) groups is 2. The number of piperidine rings is 1. The Morgan fingerprint density at radius 2 is 2.07 bits per heavy atom. The number of ketones is 1. The SMILES string of the molecule is Cc1[nH]c2ccccc2c1C(=O)C(=O)N1CCCC(Oc2cccnn2)C1. The number of para-hydroxylation sites is 1. The number of hydrogen-bond donors (Lipinski definition) is 1. The van der Waals surface area contributed by atoms with Crippen molar-refractivity contribution < 1.29 is 14.3 Å². The molecule has 3 heterocycles. The monoisotopic (exact) mass is 364 g/mol. The van der Waals surface area contributed by atoms with Crippen LogP contribution < -0.4 is 4.74 Å². The molecular formula is C20H20N4O3. The Hall–Kier alpha value is -3.22. The van der Waals surface area contributed by atoms with Gasteiger partial charge in [-0.25, -0.2) is 0 Å². The van der Waals surface area contributed by atoms with E-state index in [9.17, 15) is 9.59 Å². The molecule has 0 radical (unpaired) electrons. The Balaban J connectivity index is 1.51. The summed E-state index contributed by atoms with van der Waals surface area (Å²) < 4.78 is 5.82.